The third kappa shape index (κ3) is 2.53. The van der Waals surface area contributed by atoms with Crippen LogP contribution in [0.2, 0.25) is 0 Å². The molecule has 0 aliphatic rings. The molecule has 128 valence electrons. The Hall–Kier alpha value is -3.55. The number of methoxy groups -OCH3 is 2. The fraction of sp³-hybridized carbons (Fsp3) is 0.118. The number of benzene rings is 2. The van der Waals surface area contributed by atoms with Gasteiger partial charge in [-0.25, -0.2) is 9.59 Å². The largest absolute Gasteiger partial charge is 0.507 e. The molecule has 0 unspecified atom stereocenters. The molecule has 0 saturated carbocycles. The molecule has 0 saturated heterocycles. The lowest BCUT2D eigenvalue weighted by Crippen LogP contribution is -2.11. The number of esters is 1. The number of carboxylic acids is 1. The number of hydrogen-bond donors (Lipinski definition) is 2. The molecule has 1 heterocycles. The molecule has 2 aromatic carbocycles. The van der Waals surface area contributed by atoms with Crippen molar-refractivity contribution in [3.8, 4) is 11.5 Å². The lowest BCUT2D eigenvalue weighted by molar-refractivity contribution is 0.0601. The van der Waals surface area contributed by atoms with Crippen LogP contribution >= 0.6 is 0 Å². The Morgan fingerprint density at radius 1 is 1.04 bits per heavy atom. The van der Waals surface area contributed by atoms with Crippen molar-refractivity contribution in [2.45, 2.75) is 0 Å². The third-order valence-corrected chi connectivity index (χ3v) is 3.72. The number of fused-ring (bicyclic) bond motifs is 2. The van der Waals surface area contributed by atoms with Gasteiger partial charge in [-0.15, -0.1) is 0 Å². The van der Waals surface area contributed by atoms with Crippen LogP contribution in [0.15, 0.2) is 33.5 Å². The van der Waals surface area contributed by atoms with Crippen molar-refractivity contribution in [2.24, 2.45) is 0 Å². The van der Waals surface area contributed by atoms with Gasteiger partial charge < -0.3 is 24.1 Å². The molecule has 0 bridgehead atoms. The van der Waals surface area contributed by atoms with E-state index in [1.165, 1.54) is 19.2 Å². The van der Waals surface area contributed by atoms with Crippen LogP contribution < -0.4 is 10.2 Å². The number of aromatic hydroxyl groups is 1. The summed E-state index contributed by atoms with van der Waals surface area (Å²) in [7, 11) is 2.53. The Bertz CT molecular complexity index is 1090. The standard InChI is InChI=1S/C17H12O8/c1-23-8-5-9(17(22)24-2)13-12(6-8)25-11-4-7(16(20)21)3-10(18)14(11)15(13)19/h3-6,18H,1-2H3,(H,20,21). The number of carbonyl (C=O) groups excluding carboxylic acids is 1. The number of hydrogen-bond acceptors (Lipinski definition) is 7. The molecule has 3 aromatic rings. The highest BCUT2D eigenvalue weighted by Gasteiger charge is 2.21. The Morgan fingerprint density at radius 2 is 1.72 bits per heavy atom. The summed E-state index contributed by atoms with van der Waals surface area (Å²) < 4.78 is 15.3. The van der Waals surface area contributed by atoms with Crippen molar-refractivity contribution in [3.63, 3.8) is 0 Å². The quantitative estimate of drug-likeness (QED) is 0.547. The van der Waals surface area contributed by atoms with Crippen molar-refractivity contribution in [2.75, 3.05) is 14.2 Å². The molecule has 0 aliphatic heterocycles. The molecule has 8 nitrogen and oxygen atoms in total. The summed E-state index contributed by atoms with van der Waals surface area (Å²) in [5.41, 5.74) is -1.15. The molecule has 3 rings (SSSR count). The van der Waals surface area contributed by atoms with Crippen LogP contribution in [0.3, 0.4) is 0 Å². The van der Waals surface area contributed by atoms with E-state index in [0.717, 1.165) is 19.2 Å². The normalized spacial score (nSPS) is 10.8. The van der Waals surface area contributed by atoms with Gasteiger partial charge in [0.05, 0.1) is 30.7 Å². The summed E-state index contributed by atoms with van der Waals surface area (Å²) in [5, 5.41) is 18.8. The van der Waals surface area contributed by atoms with E-state index in [2.05, 4.69) is 4.74 Å². The van der Waals surface area contributed by atoms with Gasteiger partial charge in [0.2, 0.25) is 5.43 Å². The fourth-order valence-corrected chi connectivity index (χ4v) is 2.57. The van der Waals surface area contributed by atoms with Crippen LogP contribution in [0, 0.1) is 0 Å². The smallest absolute Gasteiger partial charge is 0.338 e. The maximum atomic E-state index is 12.8. The summed E-state index contributed by atoms with van der Waals surface area (Å²) in [4.78, 5) is 35.9. The van der Waals surface area contributed by atoms with E-state index in [0.29, 0.717) is 0 Å². The molecule has 0 atom stereocenters. The van der Waals surface area contributed by atoms with E-state index in [1.807, 2.05) is 0 Å². The second kappa shape index (κ2) is 5.82. The second-order valence-corrected chi connectivity index (χ2v) is 5.14. The zero-order valence-electron chi connectivity index (χ0n) is 13.2. The minimum atomic E-state index is -1.29. The summed E-state index contributed by atoms with van der Waals surface area (Å²) in [6.07, 6.45) is 0. The first kappa shape index (κ1) is 16.3. The maximum absolute atomic E-state index is 12.8. The number of rotatable bonds is 3. The SMILES string of the molecule is COC(=O)c1cc(OC)cc2oc3cc(C(=O)O)cc(O)c3c(=O)c12. The highest BCUT2D eigenvalue weighted by atomic mass is 16.5. The highest BCUT2D eigenvalue weighted by molar-refractivity contribution is 6.07. The van der Waals surface area contributed by atoms with Gasteiger partial charge in [0.15, 0.2) is 0 Å². The Morgan fingerprint density at radius 3 is 2.32 bits per heavy atom. The average Bonchev–Trinajstić information content (AvgIpc) is 2.59. The van der Waals surface area contributed by atoms with Crippen LogP contribution in [-0.4, -0.2) is 36.4 Å². The van der Waals surface area contributed by atoms with Crippen molar-refractivity contribution >= 4 is 33.9 Å². The molecule has 1 aromatic heterocycles. The topological polar surface area (TPSA) is 123 Å². The number of phenols is 1. The predicted molar refractivity (Wildman–Crippen MR) is 86.5 cm³/mol. The van der Waals surface area contributed by atoms with Gasteiger partial charge >= 0.3 is 11.9 Å². The van der Waals surface area contributed by atoms with Crippen molar-refractivity contribution < 1.29 is 33.7 Å². The van der Waals surface area contributed by atoms with Crippen LogP contribution in [-0.2, 0) is 4.74 Å². The number of ether oxygens (including phenoxy) is 2. The molecular formula is C17H12O8. The van der Waals surface area contributed by atoms with Gasteiger partial charge in [0, 0.05) is 6.07 Å². The lowest BCUT2D eigenvalue weighted by Gasteiger charge is -2.09. The number of carbonyl (C=O) groups is 2. The molecule has 0 amide bonds. The summed E-state index contributed by atoms with van der Waals surface area (Å²) in [6.45, 7) is 0. The van der Waals surface area contributed by atoms with Gasteiger partial charge in [-0.1, -0.05) is 0 Å². The highest BCUT2D eigenvalue weighted by Crippen LogP contribution is 2.31. The predicted octanol–water partition coefficient (Wildman–Crippen LogP) is 2.15. The van der Waals surface area contributed by atoms with Gasteiger partial charge in [-0.3, -0.25) is 4.79 Å². The molecule has 0 fully saturated rings. The third-order valence-electron chi connectivity index (χ3n) is 3.72. The Labute approximate surface area is 139 Å². The monoisotopic (exact) mass is 344 g/mol. The van der Waals surface area contributed by atoms with Crippen molar-refractivity contribution in [1.82, 2.24) is 0 Å². The number of carboxylic acid groups (broad SMARTS) is 1. The van der Waals surface area contributed by atoms with E-state index in [-0.39, 0.29) is 38.8 Å². The minimum Gasteiger partial charge on any atom is -0.507 e. The van der Waals surface area contributed by atoms with Crippen LogP contribution in [0.1, 0.15) is 20.7 Å². The summed E-state index contributed by atoms with van der Waals surface area (Å²) in [6, 6.07) is 4.76. The van der Waals surface area contributed by atoms with Gasteiger partial charge in [-0.05, 0) is 18.2 Å². The first-order chi connectivity index (χ1) is 11.9. The molecule has 25 heavy (non-hydrogen) atoms. The van der Waals surface area contributed by atoms with Crippen LogP contribution in [0.25, 0.3) is 21.9 Å². The van der Waals surface area contributed by atoms with E-state index < -0.39 is 23.1 Å². The fourth-order valence-electron chi connectivity index (χ4n) is 2.57. The summed E-state index contributed by atoms with van der Waals surface area (Å²) >= 11 is 0. The maximum Gasteiger partial charge on any atom is 0.338 e. The minimum absolute atomic E-state index is 0.000751. The van der Waals surface area contributed by atoms with Gasteiger partial charge in [0.1, 0.15) is 28.1 Å². The first-order valence-corrected chi connectivity index (χ1v) is 7.00. The lowest BCUT2D eigenvalue weighted by atomic mass is 10.0. The first-order valence-electron chi connectivity index (χ1n) is 7.00. The second-order valence-electron chi connectivity index (χ2n) is 5.14. The molecule has 2 N–H and O–H groups in total. The summed E-state index contributed by atoms with van der Waals surface area (Å²) in [5.74, 6) is -2.38. The van der Waals surface area contributed by atoms with Crippen molar-refractivity contribution in [3.05, 3.63) is 45.6 Å². The van der Waals surface area contributed by atoms with E-state index >= 15 is 0 Å². The zero-order valence-corrected chi connectivity index (χ0v) is 13.2. The number of aromatic carboxylic acids is 1. The molecule has 8 heteroatoms. The average molecular weight is 344 g/mol. The molecular weight excluding hydrogens is 332 g/mol. The number of phenolic OH excluding ortho intramolecular Hbond substituents is 1. The van der Waals surface area contributed by atoms with Crippen LogP contribution in [0.4, 0.5) is 0 Å². The van der Waals surface area contributed by atoms with Crippen LogP contribution in [0.5, 0.6) is 11.5 Å². The van der Waals surface area contributed by atoms with Gasteiger partial charge in [-0.2, -0.15) is 0 Å². The Kier molecular flexibility index (Phi) is 3.80. The van der Waals surface area contributed by atoms with Crippen molar-refractivity contribution in [1.29, 1.82) is 0 Å². The molecule has 0 aliphatic carbocycles. The Balaban J connectivity index is 2.53. The molecule has 0 spiro atoms. The van der Waals surface area contributed by atoms with E-state index in [4.69, 9.17) is 14.3 Å². The molecule has 0 radical (unpaired) electrons. The van der Waals surface area contributed by atoms with E-state index in [1.54, 1.807) is 0 Å². The van der Waals surface area contributed by atoms with Gasteiger partial charge in [0.25, 0.3) is 0 Å². The zero-order chi connectivity index (χ0) is 18.3. The van der Waals surface area contributed by atoms with E-state index in [9.17, 15) is 19.5 Å².